The average molecular weight is 386 g/mol. The zero-order valence-electron chi connectivity index (χ0n) is 15.0. The molecule has 2 heterocycles. The van der Waals surface area contributed by atoms with Crippen molar-refractivity contribution in [3.63, 3.8) is 0 Å². The second-order valence-electron chi connectivity index (χ2n) is 6.53. The maximum Gasteiger partial charge on any atom is 0.323 e. The van der Waals surface area contributed by atoms with Gasteiger partial charge in [-0.3, -0.25) is 14.4 Å². The minimum absolute atomic E-state index is 0.00919. The maximum atomic E-state index is 12.5. The summed E-state index contributed by atoms with van der Waals surface area (Å²) in [5.74, 6) is -1.27. The van der Waals surface area contributed by atoms with Crippen molar-refractivity contribution in [3.8, 4) is 0 Å². The zero-order chi connectivity index (χ0) is 19.3. The van der Waals surface area contributed by atoms with Crippen LogP contribution in [0.3, 0.4) is 0 Å². The molecule has 1 fully saturated rings. The lowest BCUT2D eigenvalue weighted by atomic mass is 10.1. The first-order valence-corrected chi connectivity index (χ1v) is 9.04. The first kappa shape index (κ1) is 20.2. The van der Waals surface area contributed by atoms with Crippen LogP contribution in [-0.4, -0.2) is 63.5 Å². The Balaban J connectivity index is 1.91. The van der Waals surface area contributed by atoms with Crippen LogP contribution in [0, 0.1) is 6.92 Å². The number of likely N-dealkylation sites (tertiary alicyclic amines) is 1. The van der Waals surface area contributed by atoms with Gasteiger partial charge in [0, 0.05) is 38.0 Å². The van der Waals surface area contributed by atoms with Crippen molar-refractivity contribution in [2.75, 3.05) is 19.6 Å². The number of nitrogens with zero attached hydrogens (tertiary/aromatic N) is 3. The summed E-state index contributed by atoms with van der Waals surface area (Å²) in [5, 5.41) is 13.0. The number of carbonyl (C=O) groups excluding carboxylic acids is 2. The monoisotopic (exact) mass is 385 g/mol. The van der Waals surface area contributed by atoms with E-state index < -0.39 is 5.97 Å². The molecule has 0 bridgehead atoms. The number of amides is 2. The van der Waals surface area contributed by atoms with Gasteiger partial charge in [0.25, 0.3) is 0 Å². The van der Waals surface area contributed by atoms with E-state index in [0.717, 1.165) is 12.0 Å². The summed E-state index contributed by atoms with van der Waals surface area (Å²) < 4.78 is 4.89. The number of aliphatic carboxylic acids is 1. The predicted octanol–water partition coefficient (Wildman–Crippen LogP) is 1.88. The second-order valence-corrected chi connectivity index (χ2v) is 6.87. The van der Waals surface area contributed by atoms with Gasteiger partial charge in [-0.05, 0) is 44.2 Å². The second kappa shape index (κ2) is 9.02. The summed E-state index contributed by atoms with van der Waals surface area (Å²) in [6.07, 6.45) is 2.76. The molecule has 0 aliphatic carbocycles. The molecule has 1 saturated heterocycles. The van der Waals surface area contributed by atoms with Crippen LogP contribution >= 0.6 is 11.6 Å². The fraction of sp³-hybridized carbons (Fsp3) is 0.647. The lowest BCUT2D eigenvalue weighted by Gasteiger charge is -2.28. The molecule has 1 aliphatic heterocycles. The fourth-order valence-electron chi connectivity index (χ4n) is 3.31. The molecule has 1 atom stereocenters. The predicted molar refractivity (Wildman–Crippen MR) is 93.8 cm³/mol. The minimum Gasteiger partial charge on any atom is -0.480 e. The number of hydrogen-bond donors (Lipinski definition) is 1. The van der Waals surface area contributed by atoms with E-state index >= 15 is 0 Å². The molecule has 1 aliphatic rings. The highest BCUT2D eigenvalue weighted by atomic mass is 35.5. The number of hydrogen-bond acceptors (Lipinski definition) is 5. The third-order valence-corrected chi connectivity index (χ3v) is 5.02. The Hall–Kier alpha value is -2.09. The number of aryl methyl sites for hydroxylation is 1. The molecule has 8 nitrogen and oxygen atoms in total. The van der Waals surface area contributed by atoms with Crippen molar-refractivity contribution in [1.82, 2.24) is 15.0 Å². The van der Waals surface area contributed by atoms with E-state index in [9.17, 15) is 14.4 Å². The molecule has 1 N–H and O–H groups in total. The highest BCUT2D eigenvalue weighted by Gasteiger charge is 2.27. The van der Waals surface area contributed by atoms with Crippen LogP contribution in [0.4, 0.5) is 0 Å². The van der Waals surface area contributed by atoms with Gasteiger partial charge in [0.2, 0.25) is 17.0 Å². The van der Waals surface area contributed by atoms with Gasteiger partial charge < -0.3 is 19.4 Å². The Bertz CT molecular complexity index is 656. The summed E-state index contributed by atoms with van der Waals surface area (Å²) in [7, 11) is 0. The summed E-state index contributed by atoms with van der Waals surface area (Å²) in [4.78, 5) is 38.4. The van der Waals surface area contributed by atoms with Crippen LogP contribution in [0.1, 0.15) is 43.9 Å². The number of carbonyl (C=O) groups is 3. The van der Waals surface area contributed by atoms with Crippen molar-refractivity contribution in [2.24, 2.45) is 0 Å². The lowest BCUT2D eigenvalue weighted by Crippen LogP contribution is -2.43. The van der Waals surface area contributed by atoms with Gasteiger partial charge in [0.05, 0.1) is 5.69 Å². The first-order chi connectivity index (χ1) is 12.3. The van der Waals surface area contributed by atoms with Gasteiger partial charge in [0.15, 0.2) is 0 Å². The van der Waals surface area contributed by atoms with Gasteiger partial charge in [-0.2, -0.15) is 0 Å². The zero-order valence-corrected chi connectivity index (χ0v) is 15.8. The first-order valence-electron chi connectivity index (χ1n) is 8.67. The molecule has 0 saturated carbocycles. The maximum absolute atomic E-state index is 12.5. The Morgan fingerprint density at radius 2 is 2.08 bits per heavy atom. The number of rotatable bonds is 6. The smallest absolute Gasteiger partial charge is 0.323 e. The van der Waals surface area contributed by atoms with Crippen LogP contribution in [-0.2, 0) is 20.8 Å². The molecule has 0 radical (unpaired) electrons. The summed E-state index contributed by atoms with van der Waals surface area (Å²) >= 11 is 5.93. The molecule has 0 aromatic carbocycles. The van der Waals surface area contributed by atoms with Gasteiger partial charge in [-0.15, -0.1) is 0 Å². The molecule has 2 amide bonds. The van der Waals surface area contributed by atoms with E-state index in [-0.39, 0.29) is 29.6 Å². The van der Waals surface area contributed by atoms with Crippen molar-refractivity contribution < 1.29 is 24.0 Å². The summed E-state index contributed by atoms with van der Waals surface area (Å²) in [6.45, 7) is 3.96. The number of carboxylic acids is 1. The number of carboxylic acid groups (broad SMARTS) is 1. The highest BCUT2D eigenvalue weighted by molar-refractivity contribution is 6.29. The fourth-order valence-corrected chi connectivity index (χ4v) is 3.58. The van der Waals surface area contributed by atoms with Crippen LogP contribution < -0.4 is 0 Å². The topological polar surface area (TPSA) is 104 Å². The van der Waals surface area contributed by atoms with Gasteiger partial charge in [-0.25, -0.2) is 0 Å². The Morgan fingerprint density at radius 3 is 2.65 bits per heavy atom. The summed E-state index contributed by atoms with van der Waals surface area (Å²) in [5.41, 5.74) is 1.43. The van der Waals surface area contributed by atoms with Crippen molar-refractivity contribution in [1.29, 1.82) is 0 Å². The third kappa shape index (κ3) is 5.20. The molecular formula is C17H24ClN3O5. The van der Waals surface area contributed by atoms with Gasteiger partial charge in [-0.1, -0.05) is 5.16 Å². The SMILES string of the molecule is CC(=O)N(CC(=O)O)C1CCCN(C(=O)CCc2c(C)noc2Cl)CC1. The standard InChI is InChI=1S/C17H24ClN3O5/c1-11-14(17(18)26-19-11)5-6-15(23)20-8-3-4-13(7-9-20)21(12(2)22)10-16(24)25/h13H,3-10H2,1-2H3,(H,24,25). The number of aromatic nitrogens is 1. The Morgan fingerprint density at radius 1 is 1.35 bits per heavy atom. The van der Waals surface area contributed by atoms with Gasteiger partial charge >= 0.3 is 5.97 Å². The highest BCUT2D eigenvalue weighted by Crippen LogP contribution is 2.22. The average Bonchev–Trinajstić information content (AvgIpc) is 2.78. The Labute approximate surface area is 157 Å². The molecule has 9 heteroatoms. The van der Waals surface area contributed by atoms with Crippen molar-refractivity contribution >= 4 is 29.4 Å². The van der Waals surface area contributed by atoms with E-state index in [1.54, 1.807) is 11.8 Å². The molecule has 0 spiro atoms. The normalized spacial score (nSPS) is 17.7. The third-order valence-electron chi connectivity index (χ3n) is 4.73. The van der Waals surface area contributed by atoms with Crippen LogP contribution in [0.5, 0.6) is 0 Å². The molecule has 2 rings (SSSR count). The van der Waals surface area contributed by atoms with Gasteiger partial charge in [0.1, 0.15) is 6.54 Å². The molecule has 26 heavy (non-hydrogen) atoms. The van der Waals surface area contributed by atoms with E-state index in [4.69, 9.17) is 21.2 Å². The van der Waals surface area contributed by atoms with E-state index in [1.807, 2.05) is 0 Å². The molecule has 144 valence electrons. The van der Waals surface area contributed by atoms with E-state index in [1.165, 1.54) is 11.8 Å². The number of halogens is 1. The van der Waals surface area contributed by atoms with Crippen molar-refractivity contribution in [2.45, 2.75) is 52.0 Å². The van der Waals surface area contributed by atoms with Crippen molar-refractivity contribution in [3.05, 3.63) is 16.5 Å². The molecule has 1 aromatic rings. The lowest BCUT2D eigenvalue weighted by molar-refractivity contribution is -0.145. The summed E-state index contributed by atoms with van der Waals surface area (Å²) in [6, 6.07) is -0.156. The largest absolute Gasteiger partial charge is 0.480 e. The van der Waals surface area contributed by atoms with E-state index in [0.29, 0.717) is 44.5 Å². The molecule has 1 unspecified atom stereocenters. The van der Waals surface area contributed by atoms with Crippen LogP contribution in [0.2, 0.25) is 5.22 Å². The molecule has 1 aromatic heterocycles. The minimum atomic E-state index is -1.03. The molecular weight excluding hydrogens is 362 g/mol. The Kier molecular flexibility index (Phi) is 7.02. The van der Waals surface area contributed by atoms with Crippen LogP contribution in [0.15, 0.2) is 4.52 Å². The van der Waals surface area contributed by atoms with Crippen LogP contribution in [0.25, 0.3) is 0 Å². The quantitative estimate of drug-likeness (QED) is 0.801. The van der Waals surface area contributed by atoms with E-state index in [2.05, 4.69) is 5.16 Å².